The van der Waals surface area contributed by atoms with Crippen LogP contribution in [0.5, 0.6) is 0 Å². The molecule has 0 fully saturated rings. The Labute approximate surface area is 130 Å². The van der Waals surface area contributed by atoms with Crippen LogP contribution in [0.1, 0.15) is 56.0 Å². The topological polar surface area (TPSA) is 82.2 Å². The molecule has 7 heteroatoms. The van der Waals surface area contributed by atoms with Crippen molar-refractivity contribution >= 4 is 5.97 Å². The number of ether oxygens (including phenoxy) is 1. The number of nitrogens with zero attached hydrogens (tertiary/aromatic N) is 4. The average Bonchev–Trinajstić information content (AvgIpc) is 3.15. The predicted octanol–water partition coefficient (Wildman–Crippen LogP) is 2.21. The summed E-state index contributed by atoms with van der Waals surface area (Å²) in [5.74, 6) is -0.394. The summed E-state index contributed by atoms with van der Waals surface area (Å²) in [7, 11) is 1.34. The molecular formula is C15H24N4O3. The number of carbonyl (C=O) groups is 1. The molecule has 0 aliphatic carbocycles. The molecule has 0 aliphatic rings. The van der Waals surface area contributed by atoms with E-state index in [2.05, 4.69) is 14.9 Å². The van der Waals surface area contributed by atoms with Crippen LogP contribution in [0.2, 0.25) is 0 Å². The summed E-state index contributed by atoms with van der Waals surface area (Å²) in [6, 6.07) is 4.11. The molecule has 0 saturated heterocycles. The highest BCUT2D eigenvalue weighted by atomic mass is 16.5. The number of aromatic nitrogens is 4. The van der Waals surface area contributed by atoms with Crippen LogP contribution in [0, 0.1) is 0 Å². The van der Waals surface area contributed by atoms with E-state index in [-0.39, 0.29) is 12.6 Å². The Bertz CT molecular complexity index is 587. The van der Waals surface area contributed by atoms with E-state index in [0.29, 0.717) is 11.7 Å². The second-order valence-electron chi connectivity index (χ2n) is 5.31. The number of hydrogen-bond acceptors (Lipinski definition) is 5. The number of methoxy groups -OCH3 is 1. The minimum atomic E-state index is -0.394. The molecule has 122 valence electrons. The molecule has 7 nitrogen and oxygen atoms in total. The summed E-state index contributed by atoms with van der Waals surface area (Å²) in [6.45, 7) is 8.12. The van der Waals surface area contributed by atoms with Gasteiger partial charge in [0, 0.05) is 24.5 Å². The molecule has 22 heavy (non-hydrogen) atoms. The molecule has 0 aliphatic heterocycles. The van der Waals surface area contributed by atoms with E-state index < -0.39 is 5.97 Å². The maximum absolute atomic E-state index is 11.0. The first-order chi connectivity index (χ1) is 10.4. The van der Waals surface area contributed by atoms with Gasteiger partial charge in [-0.2, -0.15) is 10.2 Å². The molecule has 0 spiro atoms. The first-order valence-electron chi connectivity index (χ1n) is 7.17. The van der Waals surface area contributed by atoms with E-state index in [0.717, 1.165) is 5.69 Å². The second kappa shape index (κ2) is 8.33. The van der Waals surface area contributed by atoms with Gasteiger partial charge in [0.2, 0.25) is 0 Å². The van der Waals surface area contributed by atoms with E-state index >= 15 is 0 Å². The highest BCUT2D eigenvalue weighted by molar-refractivity contribution is 5.86. The first kappa shape index (κ1) is 17.9. The molecular weight excluding hydrogens is 284 g/mol. The minimum absolute atomic E-state index is 0.0275. The SMILES string of the molecule is CC(C)n1ccc(CO)n1.COC(=O)c1ccn(C(C)C)n1. The number of esters is 1. The van der Waals surface area contributed by atoms with Crippen molar-refractivity contribution < 1.29 is 14.6 Å². The first-order valence-corrected chi connectivity index (χ1v) is 7.17. The van der Waals surface area contributed by atoms with Crippen molar-refractivity contribution in [3.63, 3.8) is 0 Å². The summed E-state index contributed by atoms with van der Waals surface area (Å²) in [5, 5.41) is 16.8. The van der Waals surface area contributed by atoms with Crippen LogP contribution in [0.3, 0.4) is 0 Å². The Morgan fingerprint density at radius 2 is 1.68 bits per heavy atom. The molecule has 2 aromatic rings. The van der Waals surface area contributed by atoms with E-state index in [9.17, 15) is 4.79 Å². The molecule has 2 heterocycles. The van der Waals surface area contributed by atoms with Gasteiger partial charge in [0.15, 0.2) is 5.69 Å². The molecule has 0 radical (unpaired) electrons. The van der Waals surface area contributed by atoms with Crippen molar-refractivity contribution in [3.05, 3.63) is 35.9 Å². The summed E-state index contributed by atoms with van der Waals surface area (Å²) in [4.78, 5) is 11.0. The third kappa shape index (κ3) is 5.00. The van der Waals surface area contributed by atoms with E-state index in [4.69, 9.17) is 5.11 Å². The number of hydrogen-bond donors (Lipinski definition) is 1. The molecule has 2 rings (SSSR count). The van der Waals surface area contributed by atoms with Crippen LogP contribution in [0.25, 0.3) is 0 Å². The fourth-order valence-electron chi connectivity index (χ4n) is 1.59. The lowest BCUT2D eigenvalue weighted by Gasteiger charge is -2.02. The largest absolute Gasteiger partial charge is 0.464 e. The molecule has 0 unspecified atom stereocenters. The van der Waals surface area contributed by atoms with Gasteiger partial charge in [0.05, 0.1) is 19.4 Å². The zero-order chi connectivity index (χ0) is 16.7. The van der Waals surface area contributed by atoms with Gasteiger partial charge in [-0.3, -0.25) is 9.36 Å². The molecule has 0 aromatic carbocycles. The van der Waals surface area contributed by atoms with Crippen LogP contribution in [0.15, 0.2) is 24.5 Å². The molecule has 0 amide bonds. The lowest BCUT2D eigenvalue weighted by Crippen LogP contribution is -2.06. The van der Waals surface area contributed by atoms with Crippen LogP contribution < -0.4 is 0 Å². The number of aliphatic hydroxyl groups excluding tert-OH is 1. The maximum atomic E-state index is 11.0. The van der Waals surface area contributed by atoms with Gasteiger partial charge in [-0.15, -0.1) is 0 Å². The smallest absolute Gasteiger partial charge is 0.358 e. The van der Waals surface area contributed by atoms with Crippen molar-refractivity contribution in [2.45, 2.75) is 46.4 Å². The molecule has 2 aromatic heterocycles. The van der Waals surface area contributed by atoms with E-state index in [1.807, 2.05) is 44.6 Å². The minimum Gasteiger partial charge on any atom is -0.464 e. The molecule has 0 atom stereocenters. The zero-order valence-corrected chi connectivity index (χ0v) is 13.7. The maximum Gasteiger partial charge on any atom is 0.358 e. The normalized spacial score (nSPS) is 10.5. The number of carbonyl (C=O) groups excluding carboxylic acids is 1. The average molecular weight is 308 g/mol. The van der Waals surface area contributed by atoms with E-state index in [1.165, 1.54) is 7.11 Å². The third-order valence-corrected chi connectivity index (χ3v) is 2.89. The molecule has 0 bridgehead atoms. The quantitative estimate of drug-likeness (QED) is 0.876. The fraction of sp³-hybridized carbons (Fsp3) is 0.533. The predicted molar refractivity (Wildman–Crippen MR) is 82.5 cm³/mol. The highest BCUT2D eigenvalue weighted by Crippen LogP contribution is 2.04. The molecule has 0 saturated carbocycles. The van der Waals surface area contributed by atoms with Crippen LogP contribution in [-0.2, 0) is 11.3 Å². The Kier molecular flexibility index (Phi) is 6.78. The van der Waals surface area contributed by atoms with Crippen molar-refractivity contribution in [2.75, 3.05) is 7.11 Å². The second-order valence-corrected chi connectivity index (χ2v) is 5.31. The van der Waals surface area contributed by atoms with Crippen molar-refractivity contribution in [1.29, 1.82) is 0 Å². The van der Waals surface area contributed by atoms with Gasteiger partial charge in [-0.25, -0.2) is 4.79 Å². The summed E-state index contributed by atoms with van der Waals surface area (Å²) >= 11 is 0. The van der Waals surface area contributed by atoms with Crippen molar-refractivity contribution in [1.82, 2.24) is 19.6 Å². The Morgan fingerprint density at radius 1 is 1.14 bits per heavy atom. The van der Waals surface area contributed by atoms with Crippen molar-refractivity contribution in [3.8, 4) is 0 Å². The molecule has 1 N–H and O–H groups in total. The summed E-state index contributed by atoms with van der Waals surface area (Å²) in [5.41, 5.74) is 1.08. The van der Waals surface area contributed by atoms with Gasteiger partial charge in [0.25, 0.3) is 0 Å². The fourth-order valence-corrected chi connectivity index (χ4v) is 1.59. The lowest BCUT2D eigenvalue weighted by atomic mass is 10.4. The van der Waals surface area contributed by atoms with Crippen LogP contribution >= 0.6 is 0 Å². The van der Waals surface area contributed by atoms with E-state index in [1.54, 1.807) is 16.9 Å². The summed E-state index contributed by atoms with van der Waals surface area (Å²) < 4.78 is 8.05. The monoisotopic (exact) mass is 308 g/mol. The number of aliphatic hydroxyl groups is 1. The zero-order valence-electron chi connectivity index (χ0n) is 13.7. The van der Waals surface area contributed by atoms with Crippen LogP contribution in [-0.4, -0.2) is 37.7 Å². The van der Waals surface area contributed by atoms with Gasteiger partial charge in [-0.05, 0) is 39.8 Å². The Balaban J connectivity index is 0.000000224. The third-order valence-electron chi connectivity index (χ3n) is 2.89. The van der Waals surface area contributed by atoms with Crippen molar-refractivity contribution in [2.24, 2.45) is 0 Å². The standard InChI is InChI=1S/C8H12N2O2.C7H12N2O/c1-6(2)10-5-4-7(9-10)8(11)12-3;1-6(2)9-4-3-7(5-10)8-9/h4-6H,1-3H3;3-4,6,10H,5H2,1-2H3. The van der Waals surface area contributed by atoms with Gasteiger partial charge < -0.3 is 9.84 Å². The van der Waals surface area contributed by atoms with Gasteiger partial charge in [-0.1, -0.05) is 0 Å². The Hall–Kier alpha value is -2.15. The van der Waals surface area contributed by atoms with Crippen LogP contribution in [0.4, 0.5) is 0 Å². The summed E-state index contributed by atoms with van der Waals surface area (Å²) in [6.07, 6.45) is 3.63. The Morgan fingerprint density at radius 3 is 2.05 bits per heavy atom. The number of rotatable bonds is 4. The highest BCUT2D eigenvalue weighted by Gasteiger charge is 2.09. The van der Waals surface area contributed by atoms with Gasteiger partial charge in [0.1, 0.15) is 0 Å². The lowest BCUT2D eigenvalue weighted by molar-refractivity contribution is 0.0593. The van der Waals surface area contributed by atoms with Gasteiger partial charge >= 0.3 is 5.97 Å².